The summed E-state index contributed by atoms with van der Waals surface area (Å²) < 4.78 is 0. The van der Waals surface area contributed by atoms with E-state index in [0.717, 1.165) is 19.3 Å². The third kappa shape index (κ3) is 2.78. The number of likely N-dealkylation sites (tertiary alicyclic amines) is 1. The lowest BCUT2D eigenvalue weighted by Crippen LogP contribution is -2.33. The van der Waals surface area contributed by atoms with E-state index in [1.807, 2.05) is 0 Å². The second kappa shape index (κ2) is 4.75. The fraction of sp³-hybridized carbons (Fsp3) is 0.818. The van der Waals surface area contributed by atoms with E-state index < -0.39 is 5.41 Å². The molecule has 4 nitrogen and oxygen atoms in total. The highest BCUT2D eigenvalue weighted by Gasteiger charge is 2.44. The van der Waals surface area contributed by atoms with Gasteiger partial charge in [0.1, 0.15) is 0 Å². The summed E-state index contributed by atoms with van der Waals surface area (Å²) in [4.78, 5) is 24.6. The quantitative estimate of drug-likeness (QED) is 0.546. The Morgan fingerprint density at radius 1 is 1.27 bits per heavy atom. The van der Waals surface area contributed by atoms with Crippen LogP contribution in [0.5, 0.6) is 0 Å². The Balaban J connectivity index is 2.42. The fourth-order valence-electron chi connectivity index (χ4n) is 1.81. The molecule has 1 rings (SSSR count). The minimum Gasteiger partial charge on any atom is -0.396 e. The molecule has 1 saturated heterocycles. The number of amides is 2. The van der Waals surface area contributed by atoms with E-state index >= 15 is 0 Å². The molecule has 0 radical (unpaired) electrons. The summed E-state index contributed by atoms with van der Waals surface area (Å²) in [6, 6.07) is 0. The summed E-state index contributed by atoms with van der Waals surface area (Å²) in [7, 11) is 0. The summed E-state index contributed by atoms with van der Waals surface area (Å²) in [5.41, 5.74) is -0.520. The van der Waals surface area contributed by atoms with E-state index in [4.69, 9.17) is 5.11 Å². The Morgan fingerprint density at radius 2 is 1.93 bits per heavy atom. The highest BCUT2D eigenvalue weighted by molar-refractivity contribution is 6.05. The number of unbranched alkanes of at least 4 members (excludes halogenated alkanes) is 2. The van der Waals surface area contributed by atoms with Gasteiger partial charge in [0.2, 0.25) is 11.8 Å². The fourth-order valence-corrected chi connectivity index (χ4v) is 1.81. The lowest BCUT2D eigenvalue weighted by Gasteiger charge is -2.17. The van der Waals surface area contributed by atoms with E-state index in [-0.39, 0.29) is 18.4 Å². The van der Waals surface area contributed by atoms with Crippen molar-refractivity contribution in [3.05, 3.63) is 0 Å². The van der Waals surface area contributed by atoms with Gasteiger partial charge in [0.15, 0.2) is 0 Å². The SMILES string of the molecule is CC1(C)CC(=O)N(CCCCCO)C1=O. The van der Waals surface area contributed by atoms with Gasteiger partial charge in [0.25, 0.3) is 0 Å². The maximum atomic E-state index is 11.8. The van der Waals surface area contributed by atoms with Crippen molar-refractivity contribution in [3.8, 4) is 0 Å². The minimum atomic E-state index is -0.520. The van der Waals surface area contributed by atoms with E-state index in [0.29, 0.717) is 13.0 Å². The van der Waals surface area contributed by atoms with Gasteiger partial charge in [-0.2, -0.15) is 0 Å². The van der Waals surface area contributed by atoms with Crippen molar-refractivity contribution in [1.29, 1.82) is 0 Å². The molecular formula is C11H19NO3. The van der Waals surface area contributed by atoms with Crippen LogP contribution in [0, 0.1) is 5.41 Å². The standard InChI is InChI=1S/C11H19NO3/c1-11(2)8-9(14)12(10(11)15)6-4-3-5-7-13/h13H,3-8H2,1-2H3. The van der Waals surface area contributed by atoms with Gasteiger partial charge in [-0.1, -0.05) is 13.8 Å². The first-order valence-electron chi connectivity index (χ1n) is 5.45. The molecule has 0 atom stereocenters. The molecule has 1 N–H and O–H groups in total. The Labute approximate surface area is 90.3 Å². The van der Waals surface area contributed by atoms with E-state index in [9.17, 15) is 9.59 Å². The van der Waals surface area contributed by atoms with Crippen LogP contribution in [0.3, 0.4) is 0 Å². The molecule has 0 aromatic rings. The number of aliphatic hydroxyl groups excluding tert-OH is 1. The second-order valence-electron chi connectivity index (χ2n) is 4.70. The van der Waals surface area contributed by atoms with Crippen LogP contribution in [-0.2, 0) is 9.59 Å². The van der Waals surface area contributed by atoms with E-state index in [2.05, 4.69) is 0 Å². The molecule has 0 saturated carbocycles. The molecule has 1 aliphatic rings. The van der Waals surface area contributed by atoms with Gasteiger partial charge in [-0.25, -0.2) is 0 Å². The Kier molecular flexibility index (Phi) is 3.85. The zero-order chi connectivity index (χ0) is 11.5. The maximum Gasteiger partial charge on any atom is 0.235 e. The van der Waals surface area contributed by atoms with Crippen LogP contribution in [0.25, 0.3) is 0 Å². The van der Waals surface area contributed by atoms with Crippen molar-refractivity contribution in [2.45, 2.75) is 39.5 Å². The topological polar surface area (TPSA) is 57.6 Å². The first kappa shape index (κ1) is 12.2. The largest absolute Gasteiger partial charge is 0.396 e. The molecule has 0 bridgehead atoms. The zero-order valence-electron chi connectivity index (χ0n) is 9.45. The van der Waals surface area contributed by atoms with Gasteiger partial charge in [0, 0.05) is 19.6 Å². The molecule has 0 spiro atoms. The van der Waals surface area contributed by atoms with Crippen LogP contribution in [0.15, 0.2) is 0 Å². The van der Waals surface area contributed by atoms with Gasteiger partial charge in [-0.05, 0) is 19.3 Å². The third-order valence-electron chi connectivity index (χ3n) is 2.76. The van der Waals surface area contributed by atoms with Crippen LogP contribution < -0.4 is 0 Å². The minimum absolute atomic E-state index is 0.0588. The Hall–Kier alpha value is -0.900. The Morgan fingerprint density at radius 3 is 2.40 bits per heavy atom. The normalized spacial score (nSPS) is 20.1. The highest BCUT2D eigenvalue weighted by atomic mass is 16.3. The molecule has 1 heterocycles. The lowest BCUT2D eigenvalue weighted by molar-refractivity contribution is -0.140. The average Bonchev–Trinajstić information content (AvgIpc) is 2.33. The van der Waals surface area contributed by atoms with Crippen molar-refractivity contribution in [2.75, 3.05) is 13.2 Å². The molecule has 15 heavy (non-hydrogen) atoms. The summed E-state index contributed by atoms with van der Waals surface area (Å²) in [5, 5.41) is 8.60. The third-order valence-corrected chi connectivity index (χ3v) is 2.76. The monoisotopic (exact) mass is 213 g/mol. The van der Waals surface area contributed by atoms with Gasteiger partial charge >= 0.3 is 0 Å². The highest BCUT2D eigenvalue weighted by Crippen LogP contribution is 2.31. The summed E-state index contributed by atoms with van der Waals surface area (Å²) in [6.07, 6.45) is 2.70. The molecule has 2 amide bonds. The predicted molar refractivity (Wildman–Crippen MR) is 56.1 cm³/mol. The van der Waals surface area contributed by atoms with Crippen LogP contribution in [0.4, 0.5) is 0 Å². The second-order valence-corrected chi connectivity index (χ2v) is 4.70. The number of hydrogen-bond acceptors (Lipinski definition) is 3. The number of carbonyl (C=O) groups is 2. The maximum absolute atomic E-state index is 11.8. The van der Waals surface area contributed by atoms with Crippen LogP contribution in [0.1, 0.15) is 39.5 Å². The average molecular weight is 213 g/mol. The van der Waals surface area contributed by atoms with E-state index in [1.165, 1.54) is 4.90 Å². The lowest BCUT2D eigenvalue weighted by atomic mass is 9.92. The molecular weight excluding hydrogens is 194 g/mol. The molecule has 0 aliphatic carbocycles. The Bertz CT molecular complexity index is 261. The molecule has 1 aliphatic heterocycles. The van der Waals surface area contributed by atoms with Gasteiger partial charge in [0.05, 0.1) is 5.41 Å². The van der Waals surface area contributed by atoms with Gasteiger partial charge < -0.3 is 5.11 Å². The first-order chi connectivity index (χ1) is 6.99. The zero-order valence-corrected chi connectivity index (χ0v) is 9.45. The number of imide groups is 1. The number of nitrogens with zero attached hydrogens (tertiary/aromatic N) is 1. The molecule has 0 unspecified atom stereocenters. The number of carbonyl (C=O) groups excluding carboxylic acids is 2. The number of hydrogen-bond donors (Lipinski definition) is 1. The van der Waals surface area contributed by atoms with Crippen molar-refractivity contribution < 1.29 is 14.7 Å². The number of rotatable bonds is 5. The molecule has 86 valence electrons. The van der Waals surface area contributed by atoms with Crippen molar-refractivity contribution >= 4 is 11.8 Å². The number of aliphatic hydroxyl groups is 1. The summed E-state index contributed by atoms with van der Waals surface area (Å²) in [6.45, 7) is 4.29. The van der Waals surface area contributed by atoms with Crippen molar-refractivity contribution in [2.24, 2.45) is 5.41 Å². The summed E-state index contributed by atoms with van der Waals surface area (Å²) >= 11 is 0. The van der Waals surface area contributed by atoms with Crippen LogP contribution in [0.2, 0.25) is 0 Å². The van der Waals surface area contributed by atoms with Gasteiger partial charge in [-0.3, -0.25) is 14.5 Å². The molecule has 0 aromatic heterocycles. The summed E-state index contributed by atoms with van der Waals surface area (Å²) in [5.74, 6) is -0.120. The predicted octanol–water partition coefficient (Wildman–Crippen LogP) is 0.934. The van der Waals surface area contributed by atoms with Crippen molar-refractivity contribution in [1.82, 2.24) is 4.90 Å². The van der Waals surface area contributed by atoms with Crippen LogP contribution >= 0.6 is 0 Å². The molecule has 0 aromatic carbocycles. The molecule has 1 fully saturated rings. The first-order valence-corrected chi connectivity index (χ1v) is 5.45. The van der Waals surface area contributed by atoms with Gasteiger partial charge in [-0.15, -0.1) is 0 Å². The molecule has 4 heteroatoms. The van der Waals surface area contributed by atoms with E-state index in [1.54, 1.807) is 13.8 Å². The smallest absolute Gasteiger partial charge is 0.235 e. The van der Waals surface area contributed by atoms with Crippen LogP contribution in [-0.4, -0.2) is 35.0 Å². The van der Waals surface area contributed by atoms with Crippen molar-refractivity contribution in [3.63, 3.8) is 0 Å².